The van der Waals surface area contributed by atoms with Gasteiger partial charge in [0.2, 0.25) is 5.75 Å². The molecule has 0 saturated carbocycles. The lowest BCUT2D eigenvalue weighted by Crippen LogP contribution is -2.39. The van der Waals surface area contributed by atoms with E-state index in [1.807, 2.05) is 18.2 Å². The molecule has 0 unspecified atom stereocenters. The maximum atomic E-state index is 13.7. The first-order valence-electron chi connectivity index (χ1n) is 9.10. The Morgan fingerprint density at radius 1 is 0.862 bits per heavy atom. The topological polar surface area (TPSA) is 64.1 Å². The molecule has 2 N–H and O–H groups in total. The van der Waals surface area contributed by atoms with Crippen LogP contribution in [-0.2, 0) is 12.8 Å². The molecule has 0 fully saturated rings. The summed E-state index contributed by atoms with van der Waals surface area (Å²) in [5.41, 5.74) is 1.68. The van der Waals surface area contributed by atoms with E-state index < -0.39 is 0 Å². The highest BCUT2D eigenvalue weighted by atomic mass is 127. The van der Waals surface area contributed by atoms with E-state index in [9.17, 15) is 4.39 Å². The van der Waals surface area contributed by atoms with Gasteiger partial charge in [-0.1, -0.05) is 24.3 Å². The highest BCUT2D eigenvalue weighted by Gasteiger charge is 2.15. The van der Waals surface area contributed by atoms with E-state index in [0.717, 1.165) is 5.56 Å². The first kappa shape index (κ1) is 24.8. The fourth-order valence-corrected chi connectivity index (χ4v) is 2.91. The van der Waals surface area contributed by atoms with Gasteiger partial charge < -0.3 is 24.8 Å². The number of benzene rings is 2. The SMILES string of the molecule is CN=C(NCCc1ccccc1F)NCCc1ccc(OC)c(OC)c1OC.I. The van der Waals surface area contributed by atoms with Crippen LogP contribution in [0.4, 0.5) is 4.39 Å². The molecule has 0 spiro atoms. The Labute approximate surface area is 188 Å². The van der Waals surface area contributed by atoms with Crippen molar-refractivity contribution >= 4 is 29.9 Å². The smallest absolute Gasteiger partial charge is 0.203 e. The van der Waals surface area contributed by atoms with Crippen LogP contribution >= 0.6 is 24.0 Å². The maximum absolute atomic E-state index is 13.7. The molecule has 0 aliphatic rings. The van der Waals surface area contributed by atoms with E-state index in [1.165, 1.54) is 6.07 Å². The maximum Gasteiger partial charge on any atom is 0.203 e. The molecule has 160 valence electrons. The van der Waals surface area contributed by atoms with Crippen molar-refractivity contribution in [3.8, 4) is 17.2 Å². The Balaban J connectivity index is 0.00000420. The van der Waals surface area contributed by atoms with Gasteiger partial charge in [0.1, 0.15) is 5.82 Å². The van der Waals surface area contributed by atoms with Gasteiger partial charge in [-0.15, -0.1) is 24.0 Å². The molecule has 0 amide bonds. The molecule has 0 aliphatic heterocycles. The number of ether oxygens (including phenoxy) is 3. The van der Waals surface area contributed by atoms with Crippen LogP contribution in [0.5, 0.6) is 17.2 Å². The van der Waals surface area contributed by atoms with E-state index in [0.29, 0.717) is 54.7 Å². The minimum absolute atomic E-state index is 0. The number of guanidine groups is 1. The second kappa shape index (κ2) is 13.1. The average Bonchev–Trinajstić information content (AvgIpc) is 2.73. The zero-order valence-corrected chi connectivity index (χ0v) is 19.6. The number of halogens is 2. The van der Waals surface area contributed by atoms with Gasteiger partial charge in [-0.3, -0.25) is 4.99 Å². The Hall–Kier alpha value is -2.23. The third-order valence-electron chi connectivity index (χ3n) is 4.34. The largest absolute Gasteiger partial charge is 0.493 e. The summed E-state index contributed by atoms with van der Waals surface area (Å²) < 4.78 is 29.9. The molecule has 0 atom stereocenters. The van der Waals surface area contributed by atoms with Crippen LogP contribution in [0.2, 0.25) is 0 Å². The first-order valence-corrected chi connectivity index (χ1v) is 9.10. The summed E-state index contributed by atoms with van der Waals surface area (Å²) in [7, 11) is 6.49. The average molecular weight is 517 g/mol. The van der Waals surface area contributed by atoms with Crippen molar-refractivity contribution in [1.29, 1.82) is 0 Å². The van der Waals surface area contributed by atoms with Crippen molar-refractivity contribution in [2.45, 2.75) is 12.8 Å². The summed E-state index contributed by atoms with van der Waals surface area (Å²) in [6, 6.07) is 10.6. The lowest BCUT2D eigenvalue weighted by atomic mass is 10.1. The Bertz CT molecular complexity index is 803. The second-order valence-corrected chi connectivity index (χ2v) is 6.01. The summed E-state index contributed by atoms with van der Waals surface area (Å²) in [5, 5.41) is 6.45. The summed E-state index contributed by atoms with van der Waals surface area (Å²) in [6.45, 7) is 1.23. The summed E-state index contributed by atoms with van der Waals surface area (Å²) >= 11 is 0. The van der Waals surface area contributed by atoms with Gasteiger partial charge >= 0.3 is 0 Å². The quantitative estimate of drug-likeness (QED) is 0.303. The van der Waals surface area contributed by atoms with Crippen molar-refractivity contribution in [1.82, 2.24) is 10.6 Å². The van der Waals surface area contributed by atoms with Crippen molar-refractivity contribution < 1.29 is 18.6 Å². The predicted molar refractivity (Wildman–Crippen MR) is 125 cm³/mol. The van der Waals surface area contributed by atoms with Gasteiger partial charge in [0.05, 0.1) is 21.3 Å². The van der Waals surface area contributed by atoms with E-state index in [4.69, 9.17) is 14.2 Å². The highest BCUT2D eigenvalue weighted by Crippen LogP contribution is 2.39. The van der Waals surface area contributed by atoms with E-state index in [-0.39, 0.29) is 29.8 Å². The van der Waals surface area contributed by atoms with E-state index >= 15 is 0 Å². The van der Waals surface area contributed by atoms with Gasteiger partial charge in [0.25, 0.3) is 0 Å². The molecule has 8 heteroatoms. The molecule has 0 saturated heterocycles. The fourth-order valence-electron chi connectivity index (χ4n) is 2.91. The molecule has 0 bridgehead atoms. The van der Waals surface area contributed by atoms with E-state index in [2.05, 4.69) is 15.6 Å². The Morgan fingerprint density at radius 2 is 1.48 bits per heavy atom. The molecule has 6 nitrogen and oxygen atoms in total. The minimum atomic E-state index is -0.187. The molecule has 2 aromatic carbocycles. The Morgan fingerprint density at radius 3 is 2.03 bits per heavy atom. The van der Waals surface area contributed by atoms with Crippen molar-refractivity contribution in [3.63, 3.8) is 0 Å². The molecule has 0 radical (unpaired) electrons. The van der Waals surface area contributed by atoms with Crippen molar-refractivity contribution in [2.75, 3.05) is 41.5 Å². The zero-order valence-electron chi connectivity index (χ0n) is 17.3. The molecule has 0 aromatic heterocycles. The predicted octanol–water partition coefficient (Wildman–Crippen LogP) is 3.42. The number of nitrogens with zero attached hydrogens (tertiary/aromatic N) is 1. The third-order valence-corrected chi connectivity index (χ3v) is 4.34. The third kappa shape index (κ3) is 6.95. The second-order valence-electron chi connectivity index (χ2n) is 6.01. The van der Waals surface area contributed by atoms with Gasteiger partial charge in [0.15, 0.2) is 17.5 Å². The van der Waals surface area contributed by atoms with Crippen LogP contribution < -0.4 is 24.8 Å². The number of methoxy groups -OCH3 is 3. The molecule has 0 aliphatic carbocycles. The number of nitrogens with one attached hydrogen (secondary N) is 2. The van der Waals surface area contributed by atoms with Crippen LogP contribution in [0.1, 0.15) is 11.1 Å². The van der Waals surface area contributed by atoms with E-state index in [1.54, 1.807) is 40.5 Å². The van der Waals surface area contributed by atoms with Crippen molar-refractivity contribution in [3.05, 3.63) is 53.3 Å². The number of aliphatic imine (C=N–C) groups is 1. The van der Waals surface area contributed by atoms with Crippen LogP contribution in [-0.4, -0.2) is 47.4 Å². The van der Waals surface area contributed by atoms with Gasteiger partial charge in [-0.05, 0) is 30.5 Å². The normalized spacial score (nSPS) is 10.7. The number of hydrogen-bond donors (Lipinski definition) is 2. The highest BCUT2D eigenvalue weighted by molar-refractivity contribution is 14.0. The molecule has 29 heavy (non-hydrogen) atoms. The summed E-state index contributed by atoms with van der Waals surface area (Å²) in [5.74, 6) is 2.34. The van der Waals surface area contributed by atoms with Gasteiger partial charge in [-0.25, -0.2) is 4.39 Å². The summed E-state index contributed by atoms with van der Waals surface area (Å²) in [6.07, 6.45) is 1.29. The lowest BCUT2D eigenvalue weighted by molar-refractivity contribution is 0.322. The van der Waals surface area contributed by atoms with Crippen LogP contribution in [0.3, 0.4) is 0 Å². The lowest BCUT2D eigenvalue weighted by Gasteiger charge is -2.16. The van der Waals surface area contributed by atoms with Gasteiger partial charge in [-0.2, -0.15) is 0 Å². The first-order chi connectivity index (χ1) is 13.6. The van der Waals surface area contributed by atoms with Gasteiger partial charge in [0, 0.05) is 25.7 Å². The Kier molecular flexibility index (Phi) is 11.2. The monoisotopic (exact) mass is 517 g/mol. The fraction of sp³-hybridized carbons (Fsp3) is 0.381. The van der Waals surface area contributed by atoms with Crippen LogP contribution in [0.25, 0.3) is 0 Å². The molecule has 2 rings (SSSR count). The van der Waals surface area contributed by atoms with Crippen LogP contribution in [0, 0.1) is 5.82 Å². The van der Waals surface area contributed by atoms with Crippen LogP contribution in [0.15, 0.2) is 41.4 Å². The number of hydrogen-bond acceptors (Lipinski definition) is 4. The molecule has 2 aromatic rings. The summed E-state index contributed by atoms with van der Waals surface area (Å²) in [4.78, 5) is 4.20. The molecular weight excluding hydrogens is 488 g/mol. The minimum Gasteiger partial charge on any atom is -0.493 e. The van der Waals surface area contributed by atoms with Crippen molar-refractivity contribution in [2.24, 2.45) is 4.99 Å². The molecular formula is C21H29FIN3O3. The standard InChI is InChI=1S/C21H28FN3O3.HI/c1-23-21(24-13-11-15-7-5-6-8-17(15)22)25-14-12-16-9-10-18(26-2)20(28-4)19(16)27-3;/h5-10H,11-14H2,1-4H3,(H2,23,24,25);1H. The zero-order chi connectivity index (χ0) is 20.4. The number of rotatable bonds is 9. The molecule has 0 heterocycles.